The third-order valence-electron chi connectivity index (χ3n) is 1.14. The molecule has 54 valence electrons. The minimum atomic E-state index is -0.700. The Morgan fingerprint density at radius 2 is 2.18 bits per heavy atom. The second kappa shape index (κ2) is 3.14. The van der Waals surface area contributed by atoms with Crippen molar-refractivity contribution >= 4 is 11.3 Å². The third-order valence-corrected chi connectivity index (χ3v) is 2.17. The SMILES string of the molecule is Cc1csc(C(C#N)C#N)n1. The Balaban J connectivity index is 2.95. The molecular formula is C7H5N3S. The van der Waals surface area contributed by atoms with Gasteiger partial charge in [-0.05, 0) is 6.92 Å². The maximum atomic E-state index is 8.48. The van der Waals surface area contributed by atoms with Crippen LogP contribution in [0.25, 0.3) is 0 Å². The molecular weight excluding hydrogens is 158 g/mol. The van der Waals surface area contributed by atoms with E-state index in [1.165, 1.54) is 11.3 Å². The minimum absolute atomic E-state index is 0.590. The average Bonchev–Trinajstić information content (AvgIpc) is 2.39. The first-order valence-corrected chi connectivity index (χ1v) is 3.87. The minimum Gasteiger partial charge on any atom is -0.244 e. The van der Waals surface area contributed by atoms with Gasteiger partial charge in [-0.1, -0.05) is 0 Å². The van der Waals surface area contributed by atoms with Crippen molar-refractivity contribution in [3.63, 3.8) is 0 Å². The van der Waals surface area contributed by atoms with Gasteiger partial charge in [0.25, 0.3) is 0 Å². The topological polar surface area (TPSA) is 60.5 Å². The normalized spacial score (nSPS) is 9.09. The summed E-state index contributed by atoms with van der Waals surface area (Å²) in [6, 6.07) is 3.74. The molecule has 0 saturated heterocycles. The van der Waals surface area contributed by atoms with Gasteiger partial charge in [0.1, 0.15) is 5.01 Å². The number of nitrogens with zero attached hydrogens (tertiary/aromatic N) is 3. The van der Waals surface area contributed by atoms with Crippen LogP contribution < -0.4 is 0 Å². The average molecular weight is 163 g/mol. The molecule has 0 N–H and O–H groups in total. The highest BCUT2D eigenvalue weighted by atomic mass is 32.1. The van der Waals surface area contributed by atoms with E-state index >= 15 is 0 Å². The van der Waals surface area contributed by atoms with Gasteiger partial charge in [0.15, 0.2) is 5.92 Å². The number of hydrogen-bond donors (Lipinski definition) is 0. The second-order valence-corrected chi connectivity index (χ2v) is 2.91. The van der Waals surface area contributed by atoms with Gasteiger partial charge in [0, 0.05) is 11.1 Å². The molecule has 0 aliphatic rings. The highest BCUT2D eigenvalue weighted by molar-refractivity contribution is 7.09. The highest BCUT2D eigenvalue weighted by Gasteiger charge is 2.11. The monoisotopic (exact) mass is 163 g/mol. The number of hydrogen-bond acceptors (Lipinski definition) is 4. The van der Waals surface area contributed by atoms with E-state index in [0.29, 0.717) is 5.01 Å². The quantitative estimate of drug-likeness (QED) is 0.631. The smallest absolute Gasteiger partial charge is 0.184 e. The molecule has 1 aromatic heterocycles. The Bertz CT molecular complexity index is 314. The second-order valence-electron chi connectivity index (χ2n) is 2.02. The molecule has 0 bridgehead atoms. The van der Waals surface area contributed by atoms with Gasteiger partial charge >= 0.3 is 0 Å². The van der Waals surface area contributed by atoms with E-state index in [1.807, 2.05) is 24.4 Å². The Labute approximate surface area is 68.5 Å². The van der Waals surface area contributed by atoms with E-state index in [2.05, 4.69) is 4.98 Å². The first-order chi connectivity index (χ1) is 5.27. The van der Waals surface area contributed by atoms with E-state index in [0.717, 1.165) is 5.69 Å². The molecule has 1 heterocycles. The van der Waals surface area contributed by atoms with Crippen molar-refractivity contribution in [2.75, 3.05) is 0 Å². The first-order valence-electron chi connectivity index (χ1n) is 2.99. The molecule has 0 unspecified atom stereocenters. The van der Waals surface area contributed by atoms with E-state index in [-0.39, 0.29) is 0 Å². The molecule has 1 aromatic rings. The summed E-state index contributed by atoms with van der Waals surface area (Å²) >= 11 is 1.35. The van der Waals surface area contributed by atoms with Gasteiger partial charge in [-0.25, -0.2) is 4.98 Å². The molecule has 0 aliphatic heterocycles. The zero-order chi connectivity index (χ0) is 8.27. The van der Waals surface area contributed by atoms with Gasteiger partial charge in [-0.3, -0.25) is 0 Å². The molecule has 0 atom stereocenters. The molecule has 4 heteroatoms. The predicted octanol–water partition coefficient (Wildman–Crippen LogP) is 1.58. The number of rotatable bonds is 1. The molecule has 0 amide bonds. The molecule has 1 rings (SSSR count). The molecule has 0 aromatic carbocycles. The fourth-order valence-corrected chi connectivity index (χ4v) is 1.43. The van der Waals surface area contributed by atoms with Gasteiger partial charge in [0.2, 0.25) is 0 Å². The van der Waals surface area contributed by atoms with Crippen molar-refractivity contribution in [2.45, 2.75) is 12.8 Å². The van der Waals surface area contributed by atoms with E-state index in [9.17, 15) is 0 Å². The Morgan fingerprint density at radius 1 is 1.55 bits per heavy atom. The van der Waals surface area contributed by atoms with Crippen LogP contribution in [0.5, 0.6) is 0 Å². The lowest BCUT2D eigenvalue weighted by Gasteiger charge is -1.89. The van der Waals surface area contributed by atoms with Crippen molar-refractivity contribution in [3.8, 4) is 12.1 Å². The zero-order valence-electron chi connectivity index (χ0n) is 5.90. The van der Waals surface area contributed by atoms with Crippen LogP contribution in [0, 0.1) is 29.6 Å². The summed E-state index contributed by atoms with van der Waals surface area (Å²) in [6.07, 6.45) is 0. The van der Waals surface area contributed by atoms with Crippen molar-refractivity contribution in [3.05, 3.63) is 16.1 Å². The third kappa shape index (κ3) is 1.54. The summed E-state index contributed by atoms with van der Waals surface area (Å²) in [7, 11) is 0. The Hall–Kier alpha value is -1.39. The van der Waals surface area contributed by atoms with E-state index in [1.54, 1.807) is 0 Å². The van der Waals surface area contributed by atoms with Crippen molar-refractivity contribution in [1.82, 2.24) is 4.98 Å². The molecule has 3 nitrogen and oxygen atoms in total. The zero-order valence-corrected chi connectivity index (χ0v) is 6.72. The molecule has 0 fully saturated rings. The summed E-state index contributed by atoms with van der Waals surface area (Å²) in [5.41, 5.74) is 0.862. The largest absolute Gasteiger partial charge is 0.244 e. The van der Waals surface area contributed by atoms with Crippen molar-refractivity contribution < 1.29 is 0 Å². The van der Waals surface area contributed by atoms with Gasteiger partial charge in [0.05, 0.1) is 12.1 Å². The lowest BCUT2D eigenvalue weighted by molar-refractivity contribution is 1.04. The molecule has 0 aliphatic carbocycles. The molecule has 11 heavy (non-hydrogen) atoms. The maximum Gasteiger partial charge on any atom is 0.184 e. The number of aromatic nitrogens is 1. The van der Waals surface area contributed by atoms with Gasteiger partial charge in [-0.2, -0.15) is 10.5 Å². The fourth-order valence-electron chi connectivity index (χ4n) is 0.644. The molecule has 0 spiro atoms. The van der Waals surface area contributed by atoms with Crippen LogP contribution in [0.1, 0.15) is 16.6 Å². The van der Waals surface area contributed by atoms with Crippen molar-refractivity contribution in [1.29, 1.82) is 10.5 Å². The lowest BCUT2D eigenvalue weighted by atomic mass is 10.2. The number of nitriles is 2. The van der Waals surface area contributed by atoms with Crippen LogP contribution in [0.2, 0.25) is 0 Å². The lowest BCUT2D eigenvalue weighted by Crippen LogP contribution is -1.89. The Kier molecular flexibility index (Phi) is 2.20. The van der Waals surface area contributed by atoms with Gasteiger partial charge in [-0.15, -0.1) is 11.3 Å². The standard InChI is InChI=1S/C7H5N3S/c1-5-4-11-7(10-5)6(2-8)3-9/h4,6H,1H3. The van der Waals surface area contributed by atoms with Crippen LogP contribution in [0.3, 0.4) is 0 Å². The predicted molar refractivity (Wildman–Crippen MR) is 40.8 cm³/mol. The van der Waals surface area contributed by atoms with Crippen molar-refractivity contribution in [2.24, 2.45) is 0 Å². The maximum absolute atomic E-state index is 8.48. The Morgan fingerprint density at radius 3 is 2.55 bits per heavy atom. The first kappa shape index (κ1) is 7.71. The van der Waals surface area contributed by atoms with Crippen LogP contribution >= 0.6 is 11.3 Å². The highest BCUT2D eigenvalue weighted by Crippen LogP contribution is 2.18. The summed E-state index contributed by atoms with van der Waals surface area (Å²) in [5, 5.41) is 19.4. The molecule has 0 saturated carbocycles. The van der Waals surface area contributed by atoms with Crippen LogP contribution in [-0.4, -0.2) is 4.98 Å². The number of aryl methyl sites for hydroxylation is 1. The summed E-state index contributed by atoms with van der Waals surface area (Å²) in [6.45, 7) is 1.84. The summed E-state index contributed by atoms with van der Waals surface area (Å²) in [5.74, 6) is -0.700. The van der Waals surface area contributed by atoms with Crippen LogP contribution in [0.15, 0.2) is 5.38 Å². The number of thiazole rings is 1. The van der Waals surface area contributed by atoms with Gasteiger partial charge < -0.3 is 0 Å². The summed E-state index contributed by atoms with van der Waals surface area (Å²) < 4.78 is 0. The van der Waals surface area contributed by atoms with E-state index in [4.69, 9.17) is 10.5 Å². The summed E-state index contributed by atoms with van der Waals surface area (Å²) in [4.78, 5) is 4.03. The van der Waals surface area contributed by atoms with Crippen LogP contribution in [-0.2, 0) is 0 Å². The molecule has 0 radical (unpaired) electrons. The van der Waals surface area contributed by atoms with Crippen LogP contribution in [0.4, 0.5) is 0 Å². The van der Waals surface area contributed by atoms with E-state index < -0.39 is 5.92 Å². The fraction of sp³-hybridized carbons (Fsp3) is 0.286.